The minimum absolute atomic E-state index is 0.385. The topological polar surface area (TPSA) is 47.6 Å². The largest absolute Gasteiger partial charge is 0.495 e. The van der Waals surface area contributed by atoms with Crippen LogP contribution in [-0.4, -0.2) is 33.8 Å². The van der Waals surface area contributed by atoms with Crippen LogP contribution in [0.5, 0.6) is 5.75 Å². The molecule has 4 nitrogen and oxygen atoms in total. The van der Waals surface area contributed by atoms with E-state index in [0.717, 1.165) is 0 Å². The van der Waals surface area contributed by atoms with Gasteiger partial charge in [0.1, 0.15) is 5.75 Å². The lowest BCUT2D eigenvalue weighted by atomic mass is 10.1. The van der Waals surface area contributed by atoms with Gasteiger partial charge in [0.25, 0.3) is 0 Å². The first kappa shape index (κ1) is 13.1. The molecule has 90 valence electrons. The van der Waals surface area contributed by atoms with E-state index in [9.17, 15) is 4.79 Å². The smallest absolute Gasteiger partial charge is 0.337 e. The average molecular weight is 233 g/mol. The molecule has 0 spiro atoms. The highest BCUT2D eigenvalue weighted by atomic mass is 16.5. The Morgan fingerprint density at radius 3 is 2.76 bits per heavy atom. The fourth-order valence-corrected chi connectivity index (χ4v) is 1.28. The zero-order valence-electron chi connectivity index (χ0n) is 10.2. The van der Waals surface area contributed by atoms with Gasteiger partial charge in [0, 0.05) is 0 Å². The maximum atomic E-state index is 11.4. The van der Waals surface area contributed by atoms with Gasteiger partial charge in [-0.25, -0.2) is 4.79 Å². The molecule has 0 aliphatic heterocycles. The second kappa shape index (κ2) is 6.56. The van der Waals surface area contributed by atoms with E-state index in [1.165, 1.54) is 7.11 Å². The molecular formula is C13H15NO3. The summed E-state index contributed by atoms with van der Waals surface area (Å²) in [5.74, 6) is 6.11. The molecular weight excluding hydrogens is 218 g/mol. The Balaban J connectivity index is 3.07. The Bertz CT molecular complexity index is 457. The summed E-state index contributed by atoms with van der Waals surface area (Å²) in [6.07, 6.45) is 0. The molecule has 0 aromatic heterocycles. The van der Waals surface area contributed by atoms with Crippen molar-refractivity contribution in [2.45, 2.75) is 0 Å². The number of ether oxygens (including phenoxy) is 2. The lowest BCUT2D eigenvalue weighted by molar-refractivity contribution is 0.0600. The van der Waals surface area contributed by atoms with E-state index in [-0.39, 0.29) is 5.97 Å². The molecule has 1 aromatic rings. The molecule has 0 radical (unpaired) electrons. The van der Waals surface area contributed by atoms with Crippen molar-refractivity contribution in [3.63, 3.8) is 0 Å². The lowest BCUT2D eigenvalue weighted by Gasteiger charge is -2.05. The van der Waals surface area contributed by atoms with Crippen LogP contribution in [0.25, 0.3) is 0 Å². The van der Waals surface area contributed by atoms with E-state index < -0.39 is 0 Å². The third-order valence-corrected chi connectivity index (χ3v) is 2.11. The normalized spacial score (nSPS) is 9.12. The van der Waals surface area contributed by atoms with E-state index >= 15 is 0 Å². The van der Waals surface area contributed by atoms with Crippen molar-refractivity contribution in [1.82, 2.24) is 5.32 Å². The standard InChI is InChI=1S/C13H15NO3/c1-14-8-4-5-10-9-11(13(15)17-3)6-7-12(10)16-2/h6-7,9,14H,8H2,1-3H3. The zero-order valence-corrected chi connectivity index (χ0v) is 10.2. The summed E-state index contributed by atoms with van der Waals surface area (Å²) in [6, 6.07) is 5.01. The van der Waals surface area contributed by atoms with E-state index in [4.69, 9.17) is 4.74 Å². The lowest BCUT2D eigenvalue weighted by Crippen LogP contribution is -2.05. The molecule has 1 N–H and O–H groups in total. The van der Waals surface area contributed by atoms with Crippen LogP contribution >= 0.6 is 0 Å². The van der Waals surface area contributed by atoms with E-state index in [0.29, 0.717) is 23.4 Å². The third-order valence-electron chi connectivity index (χ3n) is 2.11. The second-order valence-corrected chi connectivity index (χ2v) is 3.24. The van der Waals surface area contributed by atoms with Gasteiger partial charge >= 0.3 is 5.97 Å². The monoisotopic (exact) mass is 233 g/mol. The first-order valence-electron chi connectivity index (χ1n) is 5.12. The molecule has 0 unspecified atom stereocenters. The van der Waals surface area contributed by atoms with E-state index in [1.807, 2.05) is 7.05 Å². The molecule has 0 aliphatic carbocycles. The van der Waals surface area contributed by atoms with Gasteiger partial charge in [0.15, 0.2) is 0 Å². The van der Waals surface area contributed by atoms with Crippen LogP contribution in [0.2, 0.25) is 0 Å². The van der Waals surface area contributed by atoms with Crippen molar-refractivity contribution in [2.75, 3.05) is 27.8 Å². The summed E-state index contributed by atoms with van der Waals surface area (Å²) >= 11 is 0. The predicted molar refractivity (Wildman–Crippen MR) is 65.1 cm³/mol. The van der Waals surface area contributed by atoms with Gasteiger partial charge in [-0.2, -0.15) is 0 Å². The van der Waals surface area contributed by atoms with Gasteiger partial charge in [-0.15, -0.1) is 0 Å². The summed E-state index contributed by atoms with van der Waals surface area (Å²) in [4.78, 5) is 11.4. The Kier molecular flexibility index (Phi) is 5.05. The van der Waals surface area contributed by atoms with E-state index in [2.05, 4.69) is 21.9 Å². The molecule has 17 heavy (non-hydrogen) atoms. The van der Waals surface area contributed by atoms with E-state index in [1.54, 1.807) is 25.3 Å². The molecule has 1 rings (SSSR count). The van der Waals surface area contributed by atoms with Gasteiger partial charge in [-0.3, -0.25) is 0 Å². The van der Waals surface area contributed by atoms with Crippen LogP contribution in [-0.2, 0) is 4.74 Å². The molecule has 1 aromatic carbocycles. The number of carbonyl (C=O) groups excluding carboxylic acids is 1. The molecule has 0 fully saturated rings. The van der Waals surface area contributed by atoms with Gasteiger partial charge in [-0.1, -0.05) is 11.8 Å². The number of benzene rings is 1. The summed E-state index contributed by atoms with van der Waals surface area (Å²) in [7, 11) is 4.73. The van der Waals surface area contributed by atoms with Crippen LogP contribution in [0.1, 0.15) is 15.9 Å². The third kappa shape index (κ3) is 3.51. The first-order chi connectivity index (χ1) is 8.22. The average Bonchev–Trinajstić information content (AvgIpc) is 2.38. The summed E-state index contributed by atoms with van der Waals surface area (Å²) in [6.45, 7) is 0.575. The molecule has 0 amide bonds. The molecule has 0 saturated heterocycles. The van der Waals surface area contributed by atoms with Crippen LogP contribution in [0.3, 0.4) is 0 Å². The van der Waals surface area contributed by atoms with Crippen molar-refractivity contribution in [3.8, 4) is 17.6 Å². The van der Waals surface area contributed by atoms with Crippen LogP contribution < -0.4 is 10.1 Å². The Morgan fingerprint density at radius 2 is 2.18 bits per heavy atom. The van der Waals surface area contributed by atoms with Crippen molar-refractivity contribution in [1.29, 1.82) is 0 Å². The maximum absolute atomic E-state index is 11.4. The van der Waals surface area contributed by atoms with Gasteiger partial charge in [0.2, 0.25) is 0 Å². The molecule has 0 heterocycles. The highest BCUT2D eigenvalue weighted by Gasteiger charge is 2.08. The minimum atomic E-state index is -0.385. The van der Waals surface area contributed by atoms with Crippen LogP contribution in [0, 0.1) is 11.8 Å². The summed E-state index contributed by atoms with van der Waals surface area (Å²) < 4.78 is 9.82. The summed E-state index contributed by atoms with van der Waals surface area (Å²) in [5.41, 5.74) is 1.13. The predicted octanol–water partition coefficient (Wildman–Crippen LogP) is 1.05. The molecule has 4 heteroatoms. The number of nitrogens with one attached hydrogen (secondary N) is 1. The zero-order chi connectivity index (χ0) is 12.7. The number of rotatable bonds is 3. The van der Waals surface area contributed by atoms with Crippen LogP contribution in [0.15, 0.2) is 18.2 Å². The number of carbonyl (C=O) groups is 1. The number of hydrogen-bond donors (Lipinski definition) is 1. The summed E-state index contributed by atoms with van der Waals surface area (Å²) in [5, 5.41) is 2.92. The SMILES string of the molecule is CNCC#Cc1cc(C(=O)OC)ccc1OC. The number of methoxy groups -OCH3 is 2. The van der Waals surface area contributed by atoms with Crippen molar-refractivity contribution >= 4 is 5.97 Å². The number of hydrogen-bond acceptors (Lipinski definition) is 4. The number of esters is 1. The van der Waals surface area contributed by atoms with Gasteiger partial charge < -0.3 is 14.8 Å². The van der Waals surface area contributed by atoms with Crippen molar-refractivity contribution in [3.05, 3.63) is 29.3 Å². The van der Waals surface area contributed by atoms with Gasteiger partial charge in [0.05, 0.1) is 31.9 Å². The minimum Gasteiger partial charge on any atom is -0.495 e. The van der Waals surface area contributed by atoms with Crippen molar-refractivity contribution < 1.29 is 14.3 Å². The Hall–Kier alpha value is -1.99. The first-order valence-corrected chi connectivity index (χ1v) is 5.12. The van der Waals surface area contributed by atoms with Crippen LogP contribution in [0.4, 0.5) is 0 Å². The Morgan fingerprint density at radius 1 is 1.41 bits per heavy atom. The molecule has 0 atom stereocenters. The Labute approximate surface area is 101 Å². The quantitative estimate of drug-likeness (QED) is 0.626. The van der Waals surface area contributed by atoms with Gasteiger partial charge in [-0.05, 0) is 25.2 Å². The van der Waals surface area contributed by atoms with Crippen molar-refractivity contribution in [2.24, 2.45) is 0 Å². The molecule has 0 aliphatic rings. The molecule has 0 bridgehead atoms. The highest BCUT2D eigenvalue weighted by Crippen LogP contribution is 2.19. The fourth-order valence-electron chi connectivity index (χ4n) is 1.28. The second-order valence-electron chi connectivity index (χ2n) is 3.24. The molecule has 0 saturated carbocycles. The highest BCUT2D eigenvalue weighted by molar-refractivity contribution is 5.90. The fraction of sp³-hybridized carbons (Fsp3) is 0.308. The maximum Gasteiger partial charge on any atom is 0.337 e.